The Morgan fingerprint density at radius 2 is 2.17 bits per heavy atom. The van der Waals surface area contributed by atoms with Crippen LogP contribution in [0.4, 0.5) is 0 Å². The van der Waals surface area contributed by atoms with Gasteiger partial charge in [0.05, 0.1) is 13.4 Å². The molecular weight excluding hydrogens is 338 g/mol. The number of ether oxygens (including phenoxy) is 1. The van der Waals surface area contributed by atoms with Crippen molar-refractivity contribution < 1.29 is 18.7 Å². The van der Waals surface area contributed by atoms with Crippen molar-refractivity contribution in [3.8, 4) is 0 Å². The minimum atomic E-state index is -0.661. The molecule has 0 aliphatic carbocycles. The molecule has 3 rings (SSSR count). The van der Waals surface area contributed by atoms with Crippen LogP contribution < -0.4 is 0 Å². The molecule has 2 unspecified atom stereocenters. The first-order valence-corrected chi connectivity index (χ1v) is 8.35. The Bertz CT molecular complexity index is 719. The maximum Gasteiger partial charge on any atom is 0.329 e. The van der Waals surface area contributed by atoms with Crippen molar-refractivity contribution in [1.29, 1.82) is 0 Å². The number of nitrogens with zero attached hydrogens (tertiary/aromatic N) is 1. The zero-order valence-electron chi connectivity index (χ0n) is 12.3. The van der Waals surface area contributed by atoms with Gasteiger partial charge in [-0.1, -0.05) is 23.7 Å². The van der Waals surface area contributed by atoms with E-state index in [9.17, 15) is 9.59 Å². The van der Waals surface area contributed by atoms with E-state index in [-0.39, 0.29) is 17.0 Å². The molecule has 23 heavy (non-hydrogen) atoms. The molecule has 0 saturated carbocycles. The number of carbonyl (C=O) groups excluding carboxylic acids is 2. The molecule has 1 aromatic heterocycles. The van der Waals surface area contributed by atoms with Crippen molar-refractivity contribution in [2.75, 3.05) is 12.9 Å². The van der Waals surface area contributed by atoms with Crippen LogP contribution in [-0.2, 0) is 9.53 Å². The summed E-state index contributed by atoms with van der Waals surface area (Å²) in [6.07, 6.45) is 1.43. The monoisotopic (exact) mass is 351 g/mol. The Hall–Kier alpha value is -1.92. The number of rotatable bonds is 3. The molecule has 1 amide bonds. The number of thioether (sulfide) groups is 1. The lowest BCUT2D eigenvalue weighted by Gasteiger charge is -2.27. The second kappa shape index (κ2) is 6.68. The van der Waals surface area contributed by atoms with Gasteiger partial charge in [-0.25, -0.2) is 4.79 Å². The average Bonchev–Trinajstić information content (AvgIpc) is 3.23. The Labute approximate surface area is 142 Å². The van der Waals surface area contributed by atoms with Crippen LogP contribution in [0.25, 0.3) is 0 Å². The van der Waals surface area contributed by atoms with Gasteiger partial charge in [-0.2, -0.15) is 0 Å². The van der Waals surface area contributed by atoms with Crippen molar-refractivity contribution in [3.05, 3.63) is 59.0 Å². The van der Waals surface area contributed by atoms with E-state index in [1.54, 1.807) is 24.3 Å². The lowest BCUT2D eigenvalue weighted by molar-refractivity contribution is -0.145. The predicted octanol–water partition coefficient (Wildman–Crippen LogP) is 3.36. The molecule has 0 bridgehead atoms. The van der Waals surface area contributed by atoms with E-state index in [1.807, 2.05) is 12.1 Å². The number of hydrogen-bond donors (Lipinski definition) is 0. The van der Waals surface area contributed by atoms with Gasteiger partial charge in [0.25, 0.3) is 5.91 Å². The number of furan rings is 1. The molecule has 1 aliphatic rings. The van der Waals surface area contributed by atoms with Crippen LogP contribution in [0.5, 0.6) is 0 Å². The van der Waals surface area contributed by atoms with Crippen LogP contribution in [0.15, 0.2) is 47.1 Å². The first kappa shape index (κ1) is 16.0. The van der Waals surface area contributed by atoms with Crippen molar-refractivity contribution in [2.45, 2.75) is 11.4 Å². The number of methoxy groups -OCH3 is 1. The summed E-state index contributed by atoms with van der Waals surface area (Å²) in [5, 5.41) is 0.255. The lowest BCUT2D eigenvalue weighted by atomic mass is 10.1. The zero-order chi connectivity index (χ0) is 16.4. The molecule has 0 radical (unpaired) electrons. The van der Waals surface area contributed by atoms with Crippen molar-refractivity contribution in [1.82, 2.24) is 4.90 Å². The van der Waals surface area contributed by atoms with E-state index in [2.05, 4.69) is 0 Å². The number of benzene rings is 1. The predicted molar refractivity (Wildman–Crippen MR) is 87.3 cm³/mol. The van der Waals surface area contributed by atoms with E-state index in [1.165, 1.54) is 30.0 Å². The highest BCUT2D eigenvalue weighted by Crippen LogP contribution is 2.43. The van der Waals surface area contributed by atoms with E-state index in [0.29, 0.717) is 10.8 Å². The molecule has 1 aromatic carbocycles. The van der Waals surface area contributed by atoms with Crippen LogP contribution in [0, 0.1) is 0 Å². The quantitative estimate of drug-likeness (QED) is 0.793. The number of halogens is 1. The maximum atomic E-state index is 12.8. The summed E-state index contributed by atoms with van der Waals surface area (Å²) in [7, 11) is 1.31. The molecule has 120 valence electrons. The summed E-state index contributed by atoms with van der Waals surface area (Å²) in [6, 6.07) is 9.81. The average molecular weight is 352 g/mol. The van der Waals surface area contributed by atoms with E-state index >= 15 is 0 Å². The third kappa shape index (κ3) is 3.09. The summed E-state index contributed by atoms with van der Waals surface area (Å²) < 4.78 is 10.0. The van der Waals surface area contributed by atoms with Crippen molar-refractivity contribution in [3.63, 3.8) is 0 Å². The summed E-state index contributed by atoms with van der Waals surface area (Å²) in [5.41, 5.74) is 0.855. The van der Waals surface area contributed by atoms with Gasteiger partial charge in [-0.3, -0.25) is 4.79 Å². The molecule has 7 heteroatoms. The minimum absolute atomic E-state index is 0.188. The lowest BCUT2D eigenvalue weighted by Crippen LogP contribution is -2.43. The molecule has 5 nitrogen and oxygen atoms in total. The van der Waals surface area contributed by atoms with Crippen molar-refractivity contribution >= 4 is 35.2 Å². The smallest absolute Gasteiger partial charge is 0.329 e. The van der Waals surface area contributed by atoms with Crippen LogP contribution in [0.3, 0.4) is 0 Å². The fourth-order valence-electron chi connectivity index (χ4n) is 2.52. The third-order valence-electron chi connectivity index (χ3n) is 3.57. The number of esters is 1. The minimum Gasteiger partial charge on any atom is -0.467 e. The Morgan fingerprint density at radius 1 is 1.35 bits per heavy atom. The third-order valence-corrected chi connectivity index (χ3v) is 5.13. The highest BCUT2D eigenvalue weighted by Gasteiger charge is 2.44. The molecule has 1 saturated heterocycles. The molecule has 0 N–H and O–H groups in total. The van der Waals surface area contributed by atoms with E-state index in [4.69, 9.17) is 20.8 Å². The second-order valence-electron chi connectivity index (χ2n) is 4.97. The number of hydrogen-bond acceptors (Lipinski definition) is 5. The first-order valence-electron chi connectivity index (χ1n) is 6.93. The zero-order valence-corrected chi connectivity index (χ0v) is 13.8. The standard InChI is InChI=1S/C16H14ClNO4S/c1-21-16(20)12-9-23-15(10-4-2-5-11(17)8-10)18(12)14(19)13-6-3-7-22-13/h2-8,12,15H,9H2,1H3. The summed E-state index contributed by atoms with van der Waals surface area (Å²) >= 11 is 7.55. The van der Waals surface area contributed by atoms with Gasteiger partial charge < -0.3 is 14.1 Å². The van der Waals surface area contributed by atoms with Gasteiger partial charge in [-0.15, -0.1) is 11.8 Å². The summed E-state index contributed by atoms with van der Waals surface area (Å²) in [5.74, 6) is -0.147. The second-order valence-corrected chi connectivity index (χ2v) is 6.52. The fourth-order valence-corrected chi connectivity index (χ4v) is 4.12. The highest BCUT2D eigenvalue weighted by atomic mass is 35.5. The molecule has 1 aliphatic heterocycles. The molecule has 0 spiro atoms. The molecule has 2 aromatic rings. The fraction of sp³-hybridized carbons (Fsp3) is 0.250. The topological polar surface area (TPSA) is 59.8 Å². The molecule has 2 atom stereocenters. The van der Waals surface area contributed by atoms with Gasteiger partial charge in [-0.05, 0) is 29.8 Å². The van der Waals surface area contributed by atoms with Gasteiger partial charge in [0.1, 0.15) is 11.4 Å². The van der Waals surface area contributed by atoms with E-state index in [0.717, 1.165) is 5.56 Å². The number of carbonyl (C=O) groups is 2. The molecule has 2 heterocycles. The highest BCUT2D eigenvalue weighted by molar-refractivity contribution is 7.99. The SMILES string of the molecule is COC(=O)C1CSC(c2cccc(Cl)c2)N1C(=O)c1ccco1. The van der Waals surface area contributed by atoms with Gasteiger partial charge in [0.15, 0.2) is 5.76 Å². The van der Waals surface area contributed by atoms with Gasteiger partial charge in [0.2, 0.25) is 0 Å². The molecule has 1 fully saturated rings. The maximum absolute atomic E-state index is 12.8. The number of amides is 1. The van der Waals surface area contributed by atoms with Crippen LogP contribution in [0.2, 0.25) is 5.02 Å². The summed E-state index contributed by atoms with van der Waals surface area (Å²) in [6.45, 7) is 0. The first-order chi connectivity index (χ1) is 11.1. The Kier molecular flexibility index (Phi) is 4.63. The van der Waals surface area contributed by atoms with Crippen LogP contribution in [0.1, 0.15) is 21.5 Å². The van der Waals surface area contributed by atoms with Gasteiger partial charge in [0, 0.05) is 10.8 Å². The van der Waals surface area contributed by atoms with Gasteiger partial charge >= 0.3 is 5.97 Å². The van der Waals surface area contributed by atoms with Crippen LogP contribution in [-0.4, -0.2) is 35.7 Å². The Morgan fingerprint density at radius 3 is 2.83 bits per heavy atom. The normalized spacial score (nSPS) is 20.5. The van der Waals surface area contributed by atoms with E-state index < -0.39 is 12.0 Å². The Balaban J connectivity index is 1.98. The van der Waals surface area contributed by atoms with Crippen LogP contribution >= 0.6 is 23.4 Å². The molecular formula is C16H14ClNO4S. The van der Waals surface area contributed by atoms with Crippen molar-refractivity contribution in [2.24, 2.45) is 0 Å². The summed E-state index contributed by atoms with van der Waals surface area (Å²) in [4.78, 5) is 26.3. The largest absolute Gasteiger partial charge is 0.467 e.